The number of carbonyl (C=O) groups excluding carboxylic acids is 1. The molecule has 3 aromatic rings. The maximum Gasteiger partial charge on any atom is 0.313 e. The number of hydrogen-bond donors (Lipinski definition) is 0. The van der Waals surface area contributed by atoms with E-state index in [4.69, 9.17) is 4.74 Å². The minimum absolute atomic E-state index is 0.0178. The standard InChI is InChI=1S/C21H19FN2O3/c1-14(2)13-24-12-11-23-20(21(24)26)27-18-9-5-16(6-10-18)19(25)15-3-7-17(22)8-4-15/h3-12,14H,13H2,1-2H3. The van der Waals surface area contributed by atoms with E-state index in [9.17, 15) is 14.0 Å². The Bertz CT molecular complexity index is 993. The molecule has 0 spiro atoms. The molecule has 0 saturated heterocycles. The molecule has 0 radical (unpaired) electrons. The first-order valence-electron chi connectivity index (χ1n) is 8.57. The molecule has 0 fully saturated rings. The normalized spacial score (nSPS) is 10.8. The van der Waals surface area contributed by atoms with Gasteiger partial charge in [-0.25, -0.2) is 9.37 Å². The Balaban J connectivity index is 1.77. The number of ketones is 1. The topological polar surface area (TPSA) is 61.2 Å². The lowest BCUT2D eigenvalue weighted by molar-refractivity contribution is 0.103. The molecule has 1 aromatic heterocycles. The smallest absolute Gasteiger partial charge is 0.313 e. The highest BCUT2D eigenvalue weighted by molar-refractivity contribution is 6.08. The van der Waals surface area contributed by atoms with Gasteiger partial charge in [-0.05, 0) is 54.4 Å². The lowest BCUT2D eigenvalue weighted by atomic mass is 10.0. The monoisotopic (exact) mass is 366 g/mol. The summed E-state index contributed by atoms with van der Waals surface area (Å²) < 4.78 is 20.1. The van der Waals surface area contributed by atoms with Gasteiger partial charge in [-0.2, -0.15) is 0 Å². The van der Waals surface area contributed by atoms with Gasteiger partial charge >= 0.3 is 5.56 Å². The fraction of sp³-hybridized carbons (Fsp3) is 0.190. The molecule has 2 aromatic carbocycles. The van der Waals surface area contributed by atoms with E-state index in [1.807, 2.05) is 13.8 Å². The predicted octanol–water partition coefficient (Wildman–Crippen LogP) is 4.06. The summed E-state index contributed by atoms with van der Waals surface area (Å²) in [5.74, 6) is 0.0791. The van der Waals surface area contributed by atoms with Crippen LogP contribution in [0.4, 0.5) is 4.39 Å². The highest BCUT2D eigenvalue weighted by Gasteiger charge is 2.11. The fourth-order valence-electron chi connectivity index (χ4n) is 2.59. The molecule has 0 amide bonds. The molecule has 0 aliphatic rings. The second-order valence-electron chi connectivity index (χ2n) is 6.55. The Morgan fingerprint density at radius 3 is 2.26 bits per heavy atom. The van der Waals surface area contributed by atoms with Crippen LogP contribution in [0.5, 0.6) is 11.6 Å². The Hall–Kier alpha value is -3.28. The average Bonchev–Trinajstić information content (AvgIpc) is 2.65. The predicted molar refractivity (Wildman–Crippen MR) is 99.7 cm³/mol. The van der Waals surface area contributed by atoms with Crippen molar-refractivity contribution < 1.29 is 13.9 Å². The summed E-state index contributed by atoms with van der Waals surface area (Å²) in [4.78, 5) is 28.8. The van der Waals surface area contributed by atoms with Crippen molar-refractivity contribution in [2.24, 2.45) is 5.92 Å². The van der Waals surface area contributed by atoms with Crippen LogP contribution in [0.1, 0.15) is 29.8 Å². The van der Waals surface area contributed by atoms with E-state index in [-0.39, 0.29) is 17.2 Å². The molecule has 0 saturated carbocycles. The Morgan fingerprint density at radius 1 is 1.07 bits per heavy atom. The number of benzene rings is 2. The SMILES string of the molecule is CC(C)Cn1ccnc(Oc2ccc(C(=O)c3ccc(F)cc3)cc2)c1=O. The first-order valence-corrected chi connectivity index (χ1v) is 8.57. The van der Waals surface area contributed by atoms with Gasteiger partial charge in [0.05, 0.1) is 0 Å². The molecule has 6 heteroatoms. The molecular formula is C21H19FN2O3. The summed E-state index contributed by atoms with van der Waals surface area (Å²) in [6.45, 7) is 4.61. The summed E-state index contributed by atoms with van der Waals surface area (Å²) in [5.41, 5.74) is 0.524. The van der Waals surface area contributed by atoms with Crippen LogP contribution in [-0.4, -0.2) is 15.3 Å². The van der Waals surface area contributed by atoms with E-state index in [1.54, 1.807) is 35.0 Å². The highest BCUT2D eigenvalue weighted by Crippen LogP contribution is 2.19. The van der Waals surface area contributed by atoms with E-state index in [1.165, 1.54) is 30.5 Å². The van der Waals surface area contributed by atoms with Crippen molar-refractivity contribution in [1.29, 1.82) is 0 Å². The van der Waals surface area contributed by atoms with Crippen LogP contribution in [0.15, 0.2) is 65.7 Å². The first-order chi connectivity index (χ1) is 12.9. The van der Waals surface area contributed by atoms with Gasteiger partial charge in [-0.1, -0.05) is 13.8 Å². The number of aromatic nitrogens is 2. The van der Waals surface area contributed by atoms with Gasteiger partial charge in [0.15, 0.2) is 5.78 Å². The summed E-state index contributed by atoms with van der Waals surface area (Å²) in [6, 6.07) is 11.7. The fourth-order valence-corrected chi connectivity index (χ4v) is 2.59. The van der Waals surface area contributed by atoms with E-state index < -0.39 is 5.82 Å². The largest absolute Gasteiger partial charge is 0.435 e. The van der Waals surface area contributed by atoms with Crippen molar-refractivity contribution in [1.82, 2.24) is 9.55 Å². The number of nitrogens with zero attached hydrogens (tertiary/aromatic N) is 2. The molecule has 0 aliphatic carbocycles. The van der Waals surface area contributed by atoms with Crippen LogP contribution in [0, 0.1) is 11.7 Å². The number of hydrogen-bond acceptors (Lipinski definition) is 4. The van der Waals surface area contributed by atoms with Crippen molar-refractivity contribution in [3.05, 3.63) is 88.2 Å². The van der Waals surface area contributed by atoms with Crippen LogP contribution in [0.2, 0.25) is 0 Å². The average molecular weight is 366 g/mol. The zero-order valence-corrected chi connectivity index (χ0v) is 15.1. The van der Waals surface area contributed by atoms with Crippen LogP contribution >= 0.6 is 0 Å². The van der Waals surface area contributed by atoms with Gasteiger partial charge in [0.25, 0.3) is 5.88 Å². The second kappa shape index (κ2) is 7.95. The maximum atomic E-state index is 13.0. The van der Waals surface area contributed by atoms with Crippen molar-refractivity contribution in [2.75, 3.05) is 0 Å². The van der Waals surface area contributed by atoms with E-state index in [0.717, 1.165) is 0 Å². The van der Waals surface area contributed by atoms with E-state index in [2.05, 4.69) is 4.98 Å². The van der Waals surface area contributed by atoms with E-state index >= 15 is 0 Å². The highest BCUT2D eigenvalue weighted by atomic mass is 19.1. The lowest BCUT2D eigenvalue weighted by Gasteiger charge is -2.10. The van der Waals surface area contributed by atoms with Gasteiger partial charge in [0, 0.05) is 30.1 Å². The minimum Gasteiger partial charge on any atom is -0.435 e. The van der Waals surface area contributed by atoms with Crippen molar-refractivity contribution in [2.45, 2.75) is 20.4 Å². The van der Waals surface area contributed by atoms with Crippen molar-refractivity contribution in [3.8, 4) is 11.6 Å². The number of rotatable bonds is 6. The maximum absolute atomic E-state index is 13.0. The lowest BCUT2D eigenvalue weighted by Crippen LogP contribution is -2.23. The van der Waals surface area contributed by atoms with Gasteiger partial charge < -0.3 is 9.30 Å². The Morgan fingerprint density at radius 2 is 1.67 bits per heavy atom. The third-order valence-corrected chi connectivity index (χ3v) is 3.88. The van der Waals surface area contributed by atoms with Crippen LogP contribution in [0.3, 0.4) is 0 Å². The van der Waals surface area contributed by atoms with Gasteiger partial charge in [-0.15, -0.1) is 0 Å². The molecule has 0 N–H and O–H groups in total. The molecule has 27 heavy (non-hydrogen) atoms. The van der Waals surface area contributed by atoms with Gasteiger partial charge in [0.1, 0.15) is 11.6 Å². The Labute approximate surface area is 156 Å². The van der Waals surface area contributed by atoms with Crippen LogP contribution < -0.4 is 10.3 Å². The molecule has 5 nitrogen and oxygen atoms in total. The van der Waals surface area contributed by atoms with Crippen molar-refractivity contribution >= 4 is 5.78 Å². The number of halogens is 1. The molecular weight excluding hydrogens is 347 g/mol. The van der Waals surface area contributed by atoms with Crippen LogP contribution in [0.25, 0.3) is 0 Å². The zero-order chi connectivity index (χ0) is 19.4. The van der Waals surface area contributed by atoms with Crippen molar-refractivity contribution in [3.63, 3.8) is 0 Å². The van der Waals surface area contributed by atoms with Crippen LogP contribution in [-0.2, 0) is 6.54 Å². The molecule has 0 atom stereocenters. The third kappa shape index (κ3) is 4.47. The van der Waals surface area contributed by atoms with Gasteiger partial charge in [0.2, 0.25) is 0 Å². The van der Waals surface area contributed by atoms with Gasteiger partial charge in [-0.3, -0.25) is 9.59 Å². The first kappa shape index (κ1) is 18.5. The summed E-state index contributed by atoms with van der Waals surface area (Å²) in [7, 11) is 0. The third-order valence-electron chi connectivity index (χ3n) is 3.88. The summed E-state index contributed by atoms with van der Waals surface area (Å²) >= 11 is 0. The molecule has 138 valence electrons. The second-order valence-corrected chi connectivity index (χ2v) is 6.55. The number of ether oxygens (including phenoxy) is 1. The summed E-state index contributed by atoms with van der Waals surface area (Å²) in [6.07, 6.45) is 3.14. The Kier molecular flexibility index (Phi) is 5.45. The molecule has 0 bridgehead atoms. The molecule has 1 heterocycles. The number of carbonyl (C=O) groups is 1. The molecule has 0 unspecified atom stereocenters. The minimum atomic E-state index is -0.395. The molecule has 0 aliphatic heterocycles. The molecule has 3 rings (SSSR count). The summed E-state index contributed by atoms with van der Waals surface area (Å²) in [5, 5.41) is 0. The van der Waals surface area contributed by atoms with E-state index in [0.29, 0.717) is 29.3 Å². The quantitative estimate of drug-likeness (QED) is 0.617. The zero-order valence-electron chi connectivity index (χ0n) is 15.1.